The maximum absolute atomic E-state index is 4.52. The van der Waals surface area contributed by atoms with E-state index >= 15 is 0 Å². The number of thioether (sulfide) groups is 2. The van der Waals surface area contributed by atoms with Crippen LogP contribution in [0, 0.1) is 0 Å². The molecule has 0 saturated carbocycles. The highest BCUT2D eigenvalue weighted by Gasteiger charge is 2.33. The molecule has 0 aromatic carbocycles. The van der Waals surface area contributed by atoms with Crippen molar-refractivity contribution in [3.05, 3.63) is 18.0 Å². The topological polar surface area (TPSA) is 29.9 Å². The Morgan fingerprint density at radius 3 is 2.85 bits per heavy atom. The second-order valence-electron chi connectivity index (χ2n) is 5.22. The van der Waals surface area contributed by atoms with Gasteiger partial charge in [0.2, 0.25) is 0 Å². The van der Waals surface area contributed by atoms with Crippen LogP contribution in [0.5, 0.6) is 0 Å². The number of nitrogens with zero attached hydrogens (tertiary/aromatic N) is 2. The second-order valence-corrected chi connectivity index (χ2v) is 7.86. The van der Waals surface area contributed by atoms with Crippen LogP contribution in [0.3, 0.4) is 0 Å². The highest BCUT2D eigenvalue weighted by atomic mass is 32.2. The van der Waals surface area contributed by atoms with Gasteiger partial charge in [0.05, 0.1) is 6.20 Å². The molecule has 1 N–H and O–H groups in total. The molecular formula is C15H27N3S2. The number of hydrogen-bond donors (Lipinski definition) is 1. The first-order valence-corrected chi connectivity index (χ1v) is 9.88. The number of rotatable bonds is 7. The van der Waals surface area contributed by atoms with Gasteiger partial charge in [-0.2, -0.15) is 28.6 Å². The van der Waals surface area contributed by atoms with Crippen molar-refractivity contribution in [2.75, 3.05) is 18.1 Å². The molecule has 0 aliphatic carbocycles. The zero-order valence-electron chi connectivity index (χ0n) is 12.8. The van der Waals surface area contributed by atoms with Crippen LogP contribution in [0.2, 0.25) is 0 Å². The van der Waals surface area contributed by atoms with Crippen molar-refractivity contribution in [3.63, 3.8) is 0 Å². The van der Waals surface area contributed by atoms with E-state index in [-0.39, 0.29) is 0 Å². The molecule has 3 atom stereocenters. The fourth-order valence-electron chi connectivity index (χ4n) is 2.78. The average Bonchev–Trinajstić information content (AvgIpc) is 2.93. The Balaban J connectivity index is 2.15. The van der Waals surface area contributed by atoms with Gasteiger partial charge in [0, 0.05) is 46.4 Å². The Bertz CT molecular complexity index is 394. The third kappa shape index (κ3) is 3.95. The van der Waals surface area contributed by atoms with Crippen LogP contribution in [-0.2, 0) is 6.54 Å². The Morgan fingerprint density at radius 1 is 1.35 bits per heavy atom. The molecule has 5 heteroatoms. The zero-order chi connectivity index (χ0) is 14.4. The molecule has 1 aromatic rings. The lowest BCUT2D eigenvalue weighted by molar-refractivity contribution is 0.511. The van der Waals surface area contributed by atoms with Gasteiger partial charge in [-0.25, -0.2) is 0 Å². The van der Waals surface area contributed by atoms with Gasteiger partial charge in [0.1, 0.15) is 0 Å². The van der Waals surface area contributed by atoms with E-state index in [1.165, 1.54) is 23.5 Å². The average molecular weight is 314 g/mol. The molecule has 1 aliphatic heterocycles. The van der Waals surface area contributed by atoms with Gasteiger partial charge in [0.15, 0.2) is 0 Å². The Kier molecular flexibility index (Phi) is 6.78. The van der Waals surface area contributed by atoms with E-state index in [2.05, 4.69) is 71.8 Å². The van der Waals surface area contributed by atoms with Crippen LogP contribution >= 0.6 is 23.5 Å². The fraction of sp³-hybridized carbons (Fsp3) is 0.800. The summed E-state index contributed by atoms with van der Waals surface area (Å²) in [6.07, 6.45) is 6.70. The lowest BCUT2D eigenvalue weighted by Crippen LogP contribution is -2.38. The minimum absolute atomic E-state index is 0.438. The predicted octanol–water partition coefficient (Wildman–Crippen LogP) is 3.57. The molecule has 2 heterocycles. The molecule has 1 fully saturated rings. The quantitative estimate of drug-likeness (QED) is 0.833. The summed E-state index contributed by atoms with van der Waals surface area (Å²) in [4.78, 5) is 0. The van der Waals surface area contributed by atoms with Gasteiger partial charge in [-0.1, -0.05) is 20.8 Å². The van der Waals surface area contributed by atoms with E-state index < -0.39 is 0 Å². The highest BCUT2D eigenvalue weighted by molar-refractivity contribution is 8.07. The van der Waals surface area contributed by atoms with E-state index in [1.807, 2.05) is 0 Å². The number of aromatic nitrogens is 2. The molecule has 1 aromatic heterocycles. The van der Waals surface area contributed by atoms with Crippen LogP contribution in [-0.4, -0.2) is 38.3 Å². The zero-order valence-corrected chi connectivity index (χ0v) is 14.5. The predicted molar refractivity (Wildman–Crippen MR) is 91.7 cm³/mol. The SMILES string of the molecule is CCCn1cc(C(NCC)C2SCCSC2CC)cn1. The highest BCUT2D eigenvalue weighted by Crippen LogP contribution is 2.40. The minimum atomic E-state index is 0.438. The van der Waals surface area contributed by atoms with Crippen molar-refractivity contribution in [1.29, 1.82) is 0 Å². The van der Waals surface area contributed by atoms with Crippen LogP contribution in [0.4, 0.5) is 0 Å². The van der Waals surface area contributed by atoms with Gasteiger partial charge >= 0.3 is 0 Å². The third-order valence-corrected chi connectivity index (χ3v) is 7.06. The molecule has 2 rings (SSSR count). The monoisotopic (exact) mass is 313 g/mol. The Morgan fingerprint density at radius 2 is 2.15 bits per heavy atom. The molecule has 1 saturated heterocycles. The molecular weight excluding hydrogens is 286 g/mol. The van der Waals surface area contributed by atoms with E-state index in [0.29, 0.717) is 11.3 Å². The number of nitrogens with one attached hydrogen (secondary N) is 1. The van der Waals surface area contributed by atoms with Crippen molar-refractivity contribution < 1.29 is 0 Å². The maximum Gasteiger partial charge on any atom is 0.0538 e. The van der Waals surface area contributed by atoms with Crippen LogP contribution < -0.4 is 5.32 Å². The molecule has 0 radical (unpaired) electrons. The van der Waals surface area contributed by atoms with Crippen LogP contribution in [0.25, 0.3) is 0 Å². The first-order valence-electron chi connectivity index (χ1n) is 7.79. The second kappa shape index (κ2) is 8.35. The van der Waals surface area contributed by atoms with Crippen molar-refractivity contribution in [2.24, 2.45) is 0 Å². The third-order valence-electron chi connectivity index (χ3n) is 3.71. The van der Waals surface area contributed by atoms with Crippen LogP contribution in [0.1, 0.15) is 45.2 Å². The molecule has 0 spiro atoms. The van der Waals surface area contributed by atoms with E-state index in [1.54, 1.807) is 0 Å². The van der Waals surface area contributed by atoms with Gasteiger partial charge in [0.25, 0.3) is 0 Å². The Labute approximate surface area is 131 Å². The summed E-state index contributed by atoms with van der Waals surface area (Å²) in [6.45, 7) is 8.75. The molecule has 0 amide bonds. The molecule has 1 aliphatic rings. The van der Waals surface area contributed by atoms with Gasteiger partial charge in [-0.15, -0.1) is 0 Å². The minimum Gasteiger partial charge on any atom is -0.309 e. The summed E-state index contributed by atoms with van der Waals surface area (Å²) in [5, 5.41) is 9.64. The smallest absolute Gasteiger partial charge is 0.0538 e. The summed E-state index contributed by atoms with van der Waals surface area (Å²) in [6, 6.07) is 0.438. The molecule has 3 nitrogen and oxygen atoms in total. The summed E-state index contributed by atoms with van der Waals surface area (Å²) in [7, 11) is 0. The van der Waals surface area contributed by atoms with E-state index in [0.717, 1.165) is 24.8 Å². The standard InChI is InChI=1S/C15H27N3S2/c1-4-7-18-11-12(10-17-18)14(16-6-3)15-13(5-2)19-8-9-20-15/h10-11,13-16H,4-9H2,1-3H3. The van der Waals surface area contributed by atoms with Crippen molar-refractivity contribution >= 4 is 23.5 Å². The molecule has 3 unspecified atom stereocenters. The normalized spacial score (nSPS) is 24.8. The summed E-state index contributed by atoms with van der Waals surface area (Å²) in [5.41, 5.74) is 1.36. The summed E-state index contributed by atoms with van der Waals surface area (Å²) in [5.74, 6) is 2.57. The first-order chi connectivity index (χ1) is 9.80. The lowest BCUT2D eigenvalue weighted by Gasteiger charge is -2.36. The van der Waals surface area contributed by atoms with Crippen molar-refractivity contribution in [3.8, 4) is 0 Å². The molecule has 114 valence electrons. The van der Waals surface area contributed by atoms with E-state index in [9.17, 15) is 0 Å². The maximum atomic E-state index is 4.52. The van der Waals surface area contributed by atoms with Gasteiger partial charge in [-0.3, -0.25) is 4.68 Å². The number of hydrogen-bond acceptors (Lipinski definition) is 4. The van der Waals surface area contributed by atoms with Gasteiger partial charge < -0.3 is 5.32 Å². The van der Waals surface area contributed by atoms with Gasteiger partial charge in [-0.05, 0) is 19.4 Å². The van der Waals surface area contributed by atoms with Crippen LogP contribution in [0.15, 0.2) is 12.4 Å². The summed E-state index contributed by atoms with van der Waals surface area (Å²) < 4.78 is 2.08. The Hall–Kier alpha value is -0.130. The fourth-order valence-corrected chi connectivity index (χ4v) is 6.03. The van der Waals surface area contributed by atoms with E-state index in [4.69, 9.17) is 0 Å². The first kappa shape index (κ1) is 16.2. The largest absolute Gasteiger partial charge is 0.309 e. The van der Waals surface area contributed by atoms with Crippen molar-refractivity contribution in [1.82, 2.24) is 15.1 Å². The number of aryl methyl sites for hydroxylation is 1. The lowest BCUT2D eigenvalue weighted by atomic mass is 10.0. The molecule has 20 heavy (non-hydrogen) atoms. The summed E-state index contributed by atoms with van der Waals surface area (Å²) >= 11 is 4.29. The molecule has 0 bridgehead atoms. The van der Waals surface area contributed by atoms with Crippen molar-refractivity contribution in [2.45, 2.75) is 56.7 Å².